The molecule has 0 aliphatic carbocycles. The van der Waals surface area contributed by atoms with Gasteiger partial charge in [0.1, 0.15) is 11.5 Å². The van der Waals surface area contributed by atoms with Crippen molar-refractivity contribution in [2.75, 3.05) is 19.5 Å². The van der Waals surface area contributed by atoms with Gasteiger partial charge in [-0.25, -0.2) is 5.43 Å². The van der Waals surface area contributed by atoms with E-state index in [1.807, 2.05) is 6.92 Å². The smallest absolute Gasteiger partial charge is 0.240 e. The number of anilines is 1. The summed E-state index contributed by atoms with van der Waals surface area (Å²) in [5.74, 6) is 0.595. The maximum Gasteiger partial charge on any atom is 0.240 e. The summed E-state index contributed by atoms with van der Waals surface area (Å²) in [6.45, 7) is 3.56. The zero-order chi connectivity index (χ0) is 21.4. The number of hydrogen-bond donors (Lipinski definition) is 2. The largest absolute Gasteiger partial charge is 0.497 e. The number of benzene rings is 2. The minimum absolute atomic E-state index is 0.00196. The van der Waals surface area contributed by atoms with E-state index in [1.165, 1.54) is 0 Å². The Morgan fingerprint density at radius 2 is 1.79 bits per heavy atom. The third kappa shape index (κ3) is 6.22. The first-order valence-electron chi connectivity index (χ1n) is 8.96. The maximum atomic E-state index is 12.1. The van der Waals surface area contributed by atoms with E-state index in [-0.39, 0.29) is 24.7 Å². The Kier molecular flexibility index (Phi) is 8.03. The van der Waals surface area contributed by atoms with Gasteiger partial charge in [-0.05, 0) is 43.7 Å². The monoisotopic (exact) mass is 417 g/mol. The fourth-order valence-electron chi connectivity index (χ4n) is 2.54. The second-order valence-corrected chi connectivity index (χ2v) is 6.67. The van der Waals surface area contributed by atoms with Gasteiger partial charge in [0.05, 0.1) is 19.9 Å². The van der Waals surface area contributed by atoms with E-state index in [1.54, 1.807) is 57.5 Å². The number of methoxy groups -OCH3 is 2. The summed E-state index contributed by atoms with van der Waals surface area (Å²) in [6, 6.07) is 10.6. The molecule has 154 valence electrons. The first kappa shape index (κ1) is 22.2. The molecule has 8 heteroatoms. The summed E-state index contributed by atoms with van der Waals surface area (Å²) >= 11 is 6.04. The Balaban J connectivity index is 1.90. The molecule has 2 aromatic carbocycles. The van der Waals surface area contributed by atoms with Gasteiger partial charge in [0.2, 0.25) is 11.8 Å². The number of hydrazone groups is 1. The van der Waals surface area contributed by atoms with Crippen LogP contribution in [0, 0.1) is 6.92 Å². The van der Waals surface area contributed by atoms with Crippen LogP contribution in [-0.4, -0.2) is 31.7 Å². The highest BCUT2D eigenvalue weighted by molar-refractivity contribution is 6.31. The van der Waals surface area contributed by atoms with Gasteiger partial charge in [0, 0.05) is 35.2 Å². The number of nitrogens with zero attached hydrogens (tertiary/aromatic N) is 1. The molecule has 2 amide bonds. The van der Waals surface area contributed by atoms with Crippen LogP contribution in [0.2, 0.25) is 5.02 Å². The Bertz CT molecular complexity index is 928. The number of rotatable bonds is 8. The second kappa shape index (κ2) is 10.5. The number of carbonyl (C=O) groups is 2. The van der Waals surface area contributed by atoms with Gasteiger partial charge in [-0.1, -0.05) is 17.7 Å². The normalized spacial score (nSPS) is 11.0. The quantitative estimate of drug-likeness (QED) is 0.503. The van der Waals surface area contributed by atoms with Crippen molar-refractivity contribution in [2.45, 2.75) is 26.7 Å². The lowest BCUT2D eigenvalue weighted by atomic mass is 10.1. The van der Waals surface area contributed by atoms with Crippen LogP contribution in [-0.2, 0) is 9.59 Å². The zero-order valence-corrected chi connectivity index (χ0v) is 17.6. The minimum Gasteiger partial charge on any atom is -0.497 e. The first-order chi connectivity index (χ1) is 13.8. The summed E-state index contributed by atoms with van der Waals surface area (Å²) in [5, 5.41) is 7.42. The highest BCUT2D eigenvalue weighted by atomic mass is 35.5. The summed E-state index contributed by atoms with van der Waals surface area (Å²) < 4.78 is 10.5. The van der Waals surface area contributed by atoms with Crippen LogP contribution in [0.3, 0.4) is 0 Å². The molecule has 0 aromatic heterocycles. The highest BCUT2D eigenvalue weighted by Gasteiger charge is 2.11. The summed E-state index contributed by atoms with van der Waals surface area (Å²) in [6.07, 6.45) is 0.0280. The number of hydrogen-bond acceptors (Lipinski definition) is 5. The van der Waals surface area contributed by atoms with Crippen molar-refractivity contribution in [2.24, 2.45) is 5.10 Å². The van der Waals surface area contributed by atoms with Gasteiger partial charge in [-0.3, -0.25) is 9.59 Å². The van der Waals surface area contributed by atoms with Crippen LogP contribution >= 0.6 is 11.6 Å². The SMILES string of the molecule is COc1ccc(/C(C)=N\NC(=O)CCC(=O)Nc2cccc(Cl)c2C)c(OC)c1. The van der Waals surface area contributed by atoms with Crippen LogP contribution in [0.4, 0.5) is 5.69 Å². The molecule has 0 aliphatic heterocycles. The van der Waals surface area contributed by atoms with Gasteiger partial charge in [-0.15, -0.1) is 0 Å². The Hall–Kier alpha value is -3.06. The molecule has 0 unspecified atom stereocenters. The predicted octanol–water partition coefficient (Wildman–Crippen LogP) is 3.92. The Labute approximate surface area is 175 Å². The lowest BCUT2D eigenvalue weighted by Gasteiger charge is -2.10. The average molecular weight is 418 g/mol. The van der Waals surface area contributed by atoms with Crippen LogP contribution < -0.4 is 20.2 Å². The van der Waals surface area contributed by atoms with Crippen molar-refractivity contribution >= 4 is 34.8 Å². The molecule has 0 bridgehead atoms. The van der Waals surface area contributed by atoms with Crippen molar-refractivity contribution in [1.29, 1.82) is 0 Å². The van der Waals surface area contributed by atoms with E-state index < -0.39 is 0 Å². The fourth-order valence-corrected chi connectivity index (χ4v) is 2.72. The van der Waals surface area contributed by atoms with E-state index in [0.29, 0.717) is 27.9 Å². The Morgan fingerprint density at radius 1 is 1.07 bits per heavy atom. The van der Waals surface area contributed by atoms with Gasteiger partial charge in [-0.2, -0.15) is 5.10 Å². The standard InChI is InChI=1S/C21H24ClN3O4/c1-13-17(22)6-5-7-18(13)23-20(26)10-11-21(27)25-24-14(2)16-9-8-15(28-3)12-19(16)29-4/h5-9,12H,10-11H2,1-4H3,(H,23,26)(H,25,27)/b24-14-. The molecule has 2 N–H and O–H groups in total. The lowest BCUT2D eigenvalue weighted by molar-refractivity contribution is -0.124. The zero-order valence-electron chi connectivity index (χ0n) is 16.8. The average Bonchev–Trinajstić information content (AvgIpc) is 2.73. The fraction of sp³-hybridized carbons (Fsp3) is 0.286. The van der Waals surface area contributed by atoms with Gasteiger partial charge < -0.3 is 14.8 Å². The molecule has 0 spiro atoms. The maximum absolute atomic E-state index is 12.1. The number of ether oxygens (including phenoxy) is 2. The molecule has 7 nitrogen and oxygen atoms in total. The molecule has 0 saturated heterocycles. The van der Waals surface area contributed by atoms with Gasteiger partial charge >= 0.3 is 0 Å². The molecule has 2 rings (SSSR count). The molecule has 0 saturated carbocycles. The van der Waals surface area contributed by atoms with Gasteiger partial charge in [0.25, 0.3) is 0 Å². The van der Waals surface area contributed by atoms with E-state index in [9.17, 15) is 9.59 Å². The number of amides is 2. The third-order valence-corrected chi connectivity index (χ3v) is 4.68. The van der Waals surface area contributed by atoms with E-state index in [2.05, 4.69) is 15.8 Å². The van der Waals surface area contributed by atoms with Crippen molar-refractivity contribution in [3.05, 3.63) is 52.5 Å². The highest BCUT2D eigenvalue weighted by Crippen LogP contribution is 2.25. The second-order valence-electron chi connectivity index (χ2n) is 6.26. The van der Waals surface area contributed by atoms with Crippen LogP contribution in [0.5, 0.6) is 11.5 Å². The van der Waals surface area contributed by atoms with Crippen LogP contribution in [0.15, 0.2) is 41.5 Å². The van der Waals surface area contributed by atoms with E-state index in [4.69, 9.17) is 21.1 Å². The van der Waals surface area contributed by atoms with Gasteiger partial charge in [0.15, 0.2) is 0 Å². The van der Waals surface area contributed by atoms with Crippen molar-refractivity contribution in [3.63, 3.8) is 0 Å². The van der Waals surface area contributed by atoms with Crippen LogP contribution in [0.1, 0.15) is 30.9 Å². The summed E-state index contributed by atoms with van der Waals surface area (Å²) in [7, 11) is 3.11. The Morgan fingerprint density at radius 3 is 2.48 bits per heavy atom. The number of nitrogens with one attached hydrogen (secondary N) is 2. The topological polar surface area (TPSA) is 89.0 Å². The summed E-state index contributed by atoms with van der Waals surface area (Å²) in [4.78, 5) is 24.1. The van der Waals surface area contributed by atoms with Crippen molar-refractivity contribution in [3.8, 4) is 11.5 Å². The molecule has 29 heavy (non-hydrogen) atoms. The molecule has 2 aromatic rings. The minimum atomic E-state index is -0.366. The third-order valence-electron chi connectivity index (χ3n) is 4.27. The first-order valence-corrected chi connectivity index (χ1v) is 9.34. The molecular weight excluding hydrogens is 394 g/mol. The van der Waals surface area contributed by atoms with Crippen LogP contribution in [0.25, 0.3) is 0 Å². The number of carbonyl (C=O) groups excluding carboxylic acids is 2. The van der Waals surface area contributed by atoms with Crippen molar-refractivity contribution < 1.29 is 19.1 Å². The summed E-state index contributed by atoms with van der Waals surface area (Å²) in [5.41, 5.74) is 5.16. The van der Waals surface area contributed by atoms with E-state index in [0.717, 1.165) is 11.1 Å². The van der Waals surface area contributed by atoms with Crippen molar-refractivity contribution in [1.82, 2.24) is 5.43 Å². The molecule has 0 aliphatic rings. The lowest BCUT2D eigenvalue weighted by Crippen LogP contribution is -2.22. The number of halogens is 1. The van der Waals surface area contributed by atoms with E-state index >= 15 is 0 Å². The molecule has 0 radical (unpaired) electrons. The molecule has 0 atom stereocenters. The molecular formula is C21H24ClN3O4. The molecule has 0 fully saturated rings. The predicted molar refractivity (Wildman–Crippen MR) is 114 cm³/mol. The molecule has 0 heterocycles.